The number of sulfonamides is 1. The van der Waals surface area contributed by atoms with E-state index in [2.05, 4.69) is 4.72 Å². The van der Waals surface area contributed by atoms with Crippen LogP contribution >= 0.6 is 11.6 Å². The van der Waals surface area contributed by atoms with E-state index in [0.29, 0.717) is 6.42 Å². The van der Waals surface area contributed by atoms with Gasteiger partial charge in [-0.05, 0) is 36.2 Å². The SMILES string of the molecule is CCCNS(=O)(=O)c1ccc(F)c(C(=O)Cl)c1. The zero-order chi connectivity index (χ0) is 13.1. The Morgan fingerprint density at radius 2 is 2.12 bits per heavy atom. The summed E-state index contributed by atoms with van der Waals surface area (Å²) in [5.74, 6) is -0.848. The Hall–Kier alpha value is -0.980. The summed E-state index contributed by atoms with van der Waals surface area (Å²) in [4.78, 5) is 10.7. The molecule has 7 heteroatoms. The largest absolute Gasteiger partial charge is 0.275 e. The van der Waals surface area contributed by atoms with E-state index in [0.717, 1.165) is 18.2 Å². The standard InChI is InChI=1S/C10H11ClFNO3S/c1-2-5-13-17(15,16)7-3-4-9(12)8(6-7)10(11)14/h3-4,6,13H,2,5H2,1H3. The summed E-state index contributed by atoms with van der Waals surface area (Å²) in [5, 5.41) is -1.03. The number of carbonyl (C=O) groups is 1. The van der Waals surface area contributed by atoms with Crippen LogP contribution in [0.3, 0.4) is 0 Å². The Kier molecular flexibility index (Phi) is 4.62. The Balaban J connectivity index is 3.16. The normalized spacial score (nSPS) is 11.5. The first-order chi connectivity index (χ1) is 7.88. The lowest BCUT2D eigenvalue weighted by Crippen LogP contribution is -2.24. The summed E-state index contributed by atoms with van der Waals surface area (Å²) in [5.41, 5.74) is -0.453. The highest BCUT2D eigenvalue weighted by Crippen LogP contribution is 2.16. The molecule has 0 aromatic heterocycles. The van der Waals surface area contributed by atoms with Gasteiger partial charge >= 0.3 is 0 Å². The van der Waals surface area contributed by atoms with E-state index in [-0.39, 0.29) is 11.4 Å². The molecule has 0 aliphatic carbocycles. The lowest BCUT2D eigenvalue weighted by molar-refractivity contribution is 0.107. The van der Waals surface area contributed by atoms with Gasteiger partial charge in [0.25, 0.3) is 5.24 Å². The number of benzene rings is 1. The van der Waals surface area contributed by atoms with E-state index in [9.17, 15) is 17.6 Å². The van der Waals surface area contributed by atoms with Crippen LogP contribution in [0.15, 0.2) is 23.1 Å². The van der Waals surface area contributed by atoms with Crippen molar-refractivity contribution in [2.75, 3.05) is 6.54 Å². The number of hydrogen-bond acceptors (Lipinski definition) is 3. The van der Waals surface area contributed by atoms with Crippen LogP contribution in [0.5, 0.6) is 0 Å². The van der Waals surface area contributed by atoms with E-state index in [4.69, 9.17) is 11.6 Å². The van der Waals surface area contributed by atoms with Gasteiger partial charge < -0.3 is 0 Å². The number of nitrogens with one attached hydrogen (secondary N) is 1. The minimum absolute atomic E-state index is 0.184. The summed E-state index contributed by atoms with van der Waals surface area (Å²) in [6.45, 7) is 2.07. The van der Waals surface area contributed by atoms with Crippen molar-refractivity contribution in [1.29, 1.82) is 0 Å². The lowest BCUT2D eigenvalue weighted by Gasteiger charge is -2.06. The molecule has 0 aliphatic heterocycles. The van der Waals surface area contributed by atoms with Gasteiger partial charge in [-0.1, -0.05) is 6.92 Å². The zero-order valence-corrected chi connectivity index (χ0v) is 10.6. The molecular formula is C10H11ClFNO3S. The molecule has 17 heavy (non-hydrogen) atoms. The first-order valence-electron chi connectivity index (χ1n) is 4.87. The van der Waals surface area contributed by atoms with Gasteiger partial charge in [-0.2, -0.15) is 0 Å². The predicted octanol–water partition coefficient (Wildman–Crippen LogP) is 1.89. The van der Waals surface area contributed by atoms with Crippen LogP contribution in [0.2, 0.25) is 0 Å². The molecule has 1 N–H and O–H groups in total. The van der Waals surface area contributed by atoms with Crippen molar-refractivity contribution in [3.63, 3.8) is 0 Å². The third-order valence-corrected chi connectivity index (χ3v) is 3.66. The second-order valence-corrected chi connectivity index (χ2v) is 5.42. The third-order valence-electron chi connectivity index (χ3n) is 2.00. The van der Waals surface area contributed by atoms with Crippen molar-refractivity contribution in [2.45, 2.75) is 18.2 Å². The Morgan fingerprint density at radius 1 is 1.47 bits per heavy atom. The van der Waals surface area contributed by atoms with Gasteiger partial charge in [-0.25, -0.2) is 17.5 Å². The highest BCUT2D eigenvalue weighted by molar-refractivity contribution is 7.89. The molecule has 1 rings (SSSR count). The molecule has 0 bridgehead atoms. The van der Waals surface area contributed by atoms with Crippen molar-refractivity contribution in [3.8, 4) is 0 Å². The summed E-state index contributed by atoms with van der Waals surface area (Å²) in [7, 11) is -3.72. The molecule has 0 radical (unpaired) electrons. The maximum absolute atomic E-state index is 13.1. The topological polar surface area (TPSA) is 63.2 Å². The molecule has 1 aromatic carbocycles. The van der Waals surface area contributed by atoms with Gasteiger partial charge in [0.1, 0.15) is 5.82 Å². The average Bonchev–Trinajstić information content (AvgIpc) is 2.26. The fourth-order valence-corrected chi connectivity index (χ4v) is 2.45. The summed E-state index contributed by atoms with van der Waals surface area (Å²) in [6.07, 6.45) is 0.627. The first kappa shape index (κ1) is 14.1. The maximum atomic E-state index is 13.1. The first-order valence-corrected chi connectivity index (χ1v) is 6.73. The molecule has 0 heterocycles. The smallest absolute Gasteiger partial charge is 0.255 e. The molecule has 94 valence electrons. The monoisotopic (exact) mass is 279 g/mol. The quantitative estimate of drug-likeness (QED) is 0.837. The van der Waals surface area contributed by atoms with Crippen molar-refractivity contribution in [2.24, 2.45) is 0 Å². The van der Waals surface area contributed by atoms with Crippen LogP contribution in [0.4, 0.5) is 4.39 Å². The Bertz CT molecular complexity index is 530. The van der Waals surface area contributed by atoms with Crippen molar-refractivity contribution in [1.82, 2.24) is 4.72 Å². The van der Waals surface area contributed by atoms with E-state index in [1.165, 1.54) is 0 Å². The summed E-state index contributed by atoms with van der Waals surface area (Å²) >= 11 is 5.14. The van der Waals surface area contributed by atoms with Gasteiger partial charge in [0.15, 0.2) is 0 Å². The highest BCUT2D eigenvalue weighted by atomic mass is 35.5. The predicted molar refractivity (Wildman–Crippen MR) is 62.1 cm³/mol. The van der Waals surface area contributed by atoms with Crippen LogP contribution in [0.25, 0.3) is 0 Å². The molecule has 0 atom stereocenters. The van der Waals surface area contributed by atoms with Gasteiger partial charge in [0, 0.05) is 6.54 Å². The van der Waals surface area contributed by atoms with Crippen LogP contribution < -0.4 is 4.72 Å². The molecular weight excluding hydrogens is 269 g/mol. The van der Waals surface area contributed by atoms with Crippen LogP contribution in [0.1, 0.15) is 23.7 Å². The van der Waals surface area contributed by atoms with Gasteiger partial charge in [0.2, 0.25) is 10.0 Å². The Labute approximate surface area is 104 Å². The molecule has 0 fully saturated rings. The minimum Gasteiger partial charge on any atom is -0.275 e. The molecule has 0 saturated carbocycles. The van der Waals surface area contributed by atoms with Gasteiger partial charge in [-0.3, -0.25) is 4.79 Å². The molecule has 1 aromatic rings. The van der Waals surface area contributed by atoms with Gasteiger partial charge in [0.05, 0.1) is 10.5 Å². The number of carbonyl (C=O) groups excluding carboxylic acids is 1. The fraction of sp³-hybridized carbons (Fsp3) is 0.300. The Morgan fingerprint density at radius 3 is 2.65 bits per heavy atom. The molecule has 0 spiro atoms. The molecule has 4 nitrogen and oxygen atoms in total. The molecule has 0 unspecified atom stereocenters. The van der Waals surface area contributed by atoms with Gasteiger partial charge in [-0.15, -0.1) is 0 Å². The average molecular weight is 280 g/mol. The van der Waals surface area contributed by atoms with Crippen molar-refractivity contribution < 1.29 is 17.6 Å². The van der Waals surface area contributed by atoms with Crippen LogP contribution in [0, 0.1) is 5.82 Å². The van der Waals surface area contributed by atoms with E-state index < -0.39 is 26.6 Å². The zero-order valence-electron chi connectivity index (χ0n) is 9.04. The lowest BCUT2D eigenvalue weighted by atomic mass is 10.2. The number of halogens is 2. The summed E-state index contributed by atoms with van der Waals surface area (Å²) < 4.78 is 38.8. The maximum Gasteiger partial charge on any atom is 0.255 e. The molecule has 0 saturated heterocycles. The second kappa shape index (κ2) is 5.57. The number of rotatable bonds is 5. The van der Waals surface area contributed by atoms with Crippen molar-refractivity contribution >= 4 is 26.9 Å². The molecule has 0 amide bonds. The van der Waals surface area contributed by atoms with E-state index >= 15 is 0 Å². The van der Waals surface area contributed by atoms with E-state index in [1.54, 1.807) is 6.92 Å². The minimum atomic E-state index is -3.72. The second-order valence-electron chi connectivity index (χ2n) is 3.31. The van der Waals surface area contributed by atoms with E-state index in [1.807, 2.05) is 0 Å². The fourth-order valence-electron chi connectivity index (χ4n) is 1.14. The van der Waals surface area contributed by atoms with Crippen LogP contribution in [-0.4, -0.2) is 20.2 Å². The molecule has 0 aliphatic rings. The highest BCUT2D eigenvalue weighted by Gasteiger charge is 2.17. The number of hydrogen-bond donors (Lipinski definition) is 1. The summed E-state index contributed by atoms with van der Waals surface area (Å²) in [6, 6.07) is 2.90. The van der Waals surface area contributed by atoms with Crippen molar-refractivity contribution in [3.05, 3.63) is 29.6 Å². The van der Waals surface area contributed by atoms with Crippen LogP contribution in [-0.2, 0) is 10.0 Å². The third kappa shape index (κ3) is 3.49.